The van der Waals surface area contributed by atoms with Crippen molar-refractivity contribution in [2.24, 2.45) is 5.92 Å². The standard InChI is InChI=1S/C14H20N2O2/c1-10-7-12(14(17)18)8-15-13(10)16(2)9-11-5-3-4-6-11/h7-8,11H,3-6,9H2,1-2H3,(H,17,18). The summed E-state index contributed by atoms with van der Waals surface area (Å²) in [5, 5.41) is 8.91. The highest BCUT2D eigenvalue weighted by Gasteiger charge is 2.18. The number of carboxylic acid groups (broad SMARTS) is 1. The van der Waals surface area contributed by atoms with Crippen LogP contribution in [0.2, 0.25) is 0 Å². The fraction of sp³-hybridized carbons (Fsp3) is 0.571. The van der Waals surface area contributed by atoms with Crippen molar-refractivity contribution in [2.75, 3.05) is 18.5 Å². The third-order valence-electron chi connectivity index (χ3n) is 3.67. The van der Waals surface area contributed by atoms with Gasteiger partial charge in [-0.15, -0.1) is 0 Å². The second-order valence-electron chi connectivity index (χ2n) is 5.20. The first-order chi connectivity index (χ1) is 8.58. The number of carbonyl (C=O) groups is 1. The van der Waals surface area contributed by atoms with Gasteiger partial charge in [-0.2, -0.15) is 0 Å². The molecule has 0 bridgehead atoms. The molecular weight excluding hydrogens is 228 g/mol. The SMILES string of the molecule is Cc1cc(C(=O)O)cnc1N(C)CC1CCCC1. The van der Waals surface area contributed by atoms with Gasteiger partial charge in [0.1, 0.15) is 5.82 Å². The van der Waals surface area contributed by atoms with Crippen molar-refractivity contribution in [3.8, 4) is 0 Å². The monoisotopic (exact) mass is 248 g/mol. The summed E-state index contributed by atoms with van der Waals surface area (Å²) >= 11 is 0. The van der Waals surface area contributed by atoms with E-state index in [0.717, 1.165) is 23.8 Å². The van der Waals surface area contributed by atoms with Crippen LogP contribution in [0.4, 0.5) is 5.82 Å². The average Bonchev–Trinajstić information content (AvgIpc) is 2.81. The lowest BCUT2D eigenvalue weighted by atomic mass is 10.1. The van der Waals surface area contributed by atoms with E-state index < -0.39 is 5.97 Å². The maximum atomic E-state index is 10.9. The van der Waals surface area contributed by atoms with Gasteiger partial charge in [-0.05, 0) is 37.3 Å². The zero-order chi connectivity index (χ0) is 13.1. The van der Waals surface area contributed by atoms with Gasteiger partial charge in [-0.3, -0.25) is 0 Å². The highest BCUT2D eigenvalue weighted by Crippen LogP contribution is 2.27. The van der Waals surface area contributed by atoms with Gasteiger partial charge in [0, 0.05) is 19.8 Å². The van der Waals surface area contributed by atoms with E-state index in [2.05, 4.69) is 9.88 Å². The van der Waals surface area contributed by atoms with Crippen LogP contribution < -0.4 is 4.90 Å². The number of pyridine rings is 1. The maximum absolute atomic E-state index is 10.9. The Bertz CT molecular complexity index is 439. The third kappa shape index (κ3) is 2.81. The lowest BCUT2D eigenvalue weighted by molar-refractivity contribution is 0.0696. The lowest BCUT2D eigenvalue weighted by Gasteiger charge is -2.23. The Morgan fingerprint density at radius 2 is 2.17 bits per heavy atom. The molecule has 2 rings (SSSR count). The first-order valence-corrected chi connectivity index (χ1v) is 6.49. The summed E-state index contributed by atoms with van der Waals surface area (Å²) in [5.74, 6) is 0.734. The molecule has 0 spiro atoms. The van der Waals surface area contributed by atoms with E-state index in [1.54, 1.807) is 6.07 Å². The molecule has 1 aromatic heterocycles. The number of aromatic carboxylic acids is 1. The number of nitrogens with zero attached hydrogens (tertiary/aromatic N) is 2. The summed E-state index contributed by atoms with van der Waals surface area (Å²) in [7, 11) is 2.04. The van der Waals surface area contributed by atoms with Crippen LogP contribution in [-0.4, -0.2) is 29.7 Å². The van der Waals surface area contributed by atoms with E-state index in [0.29, 0.717) is 0 Å². The molecule has 4 nitrogen and oxygen atoms in total. The molecule has 0 aliphatic heterocycles. The normalized spacial score (nSPS) is 15.9. The molecule has 1 N–H and O–H groups in total. The number of carboxylic acids is 1. The molecule has 0 atom stereocenters. The Morgan fingerprint density at radius 1 is 1.50 bits per heavy atom. The average molecular weight is 248 g/mol. The maximum Gasteiger partial charge on any atom is 0.337 e. The number of aryl methyl sites for hydroxylation is 1. The molecule has 1 aromatic rings. The molecule has 0 amide bonds. The van der Waals surface area contributed by atoms with Gasteiger partial charge in [0.15, 0.2) is 0 Å². The first-order valence-electron chi connectivity index (χ1n) is 6.49. The van der Waals surface area contributed by atoms with E-state index in [4.69, 9.17) is 5.11 Å². The summed E-state index contributed by atoms with van der Waals surface area (Å²) in [6.07, 6.45) is 6.72. The van der Waals surface area contributed by atoms with Crippen molar-refractivity contribution in [1.82, 2.24) is 4.98 Å². The van der Waals surface area contributed by atoms with Gasteiger partial charge in [-0.1, -0.05) is 12.8 Å². The Balaban J connectivity index is 2.09. The van der Waals surface area contributed by atoms with Crippen LogP contribution in [0.3, 0.4) is 0 Å². The van der Waals surface area contributed by atoms with Gasteiger partial charge in [0.2, 0.25) is 0 Å². The van der Waals surface area contributed by atoms with Crippen molar-refractivity contribution in [3.63, 3.8) is 0 Å². The van der Waals surface area contributed by atoms with Crippen molar-refractivity contribution >= 4 is 11.8 Å². The molecular formula is C14H20N2O2. The molecule has 1 saturated carbocycles. The van der Waals surface area contributed by atoms with E-state index in [-0.39, 0.29) is 5.56 Å². The van der Waals surface area contributed by atoms with Crippen molar-refractivity contribution in [1.29, 1.82) is 0 Å². The minimum atomic E-state index is -0.921. The van der Waals surface area contributed by atoms with Crippen LogP contribution in [0.1, 0.15) is 41.6 Å². The predicted molar refractivity (Wildman–Crippen MR) is 71.2 cm³/mol. The van der Waals surface area contributed by atoms with Crippen molar-refractivity contribution in [3.05, 3.63) is 23.4 Å². The highest BCUT2D eigenvalue weighted by molar-refractivity contribution is 5.87. The van der Waals surface area contributed by atoms with Crippen molar-refractivity contribution in [2.45, 2.75) is 32.6 Å². The molecule has 1 aliphatic rings. The molecule has 0 aromatic carbocycles. The van der Waals surface area contributed by atoms with Crippen molar-refractivity contribution < 1.29 is 9.90 Å². The Morgan fingerprint density at radius 3 is 2.72 bits per heavy atom. The number of hydrogen-bond acceptors (Lipinski definition) is 3. The largest absolute Gasteiger partial charge is 0.478 e. The minimum Gasteiger partial charge on any atom is -0.478 e. The molecule has 18 heavy (non-hydrogen) atoms. The van der Waals surface area contributed by atoms with Crippen LogP contribution in [0.15, 0.2) is 12.3 Å². The minimum absolute atomic E-state index is 0.255. The Kier molecular flexibility index (Phi) is 3.84. The quantitative estimate of drug-likeness (QED) is 0.890. The topological polar surface area (TPSA) is 53.4 Å². The number of aromatic nitrogens is 1. The molecule has 1 aliphatic carbocycles. The zero-order valence-corrected chi connectivity index (χ0v) is 11.0. The fourth-order valence-electron chi connectivity index (χ4n) is 2.75. The summed E-state index contributed by atoms with van der Waals surface area (Å²) in [5.41, 5.74) is 1.18. The number of hydrogen-bond donors (Lipinski definition) is 1. The van der Waals surface area contributed by atoms with Crippen LogP contribution in [-0.2, 0) is 0 Å². The van der Waals surface area contributed by atoms with E-state index in [9.17, 15) is 4.79 Å². The van der Waals surface area contributed by atoms with E-state index in [1.165, 1.54) is 31.9 Å². The number of rotatable bonds is 4. The van der Waals surface area contributed by atoms with Gasteiger partial charge in [-0.25, -0.2) is 9.78 Å². The molecule has 98 valence electrons. The Labute approximate surface area is 108 Å². The fourth-order valence-corrected chi connectivity index (χ4v) is 2.75. The van der Waals surface area contributed by atoms with Crippen LogP contribution in [0.25, 0.3) is 0 Å². The Hall–Kier alpha value is -1.58. The lowest BCUT2D eigenvalue weighted by Crippen LogP contribution is -2.25. The summed E-state index contributed by atoms with van der Waals surface area (Å²) in [6, 6.07) is 1.69. The highest BCUT2D eigenvalue weighted by atomic mass is 16.4. The molecule has 1 heterocycles. The van der Waals surface area contributed by atoms with Gasteiger partial charge in [0.25, 0.3) is 0 Å². The molecule has 0 unspecified atom stereocenters. The third-order valence-corrected chi connectivity index (χ3v) is 3.67. The zero-order valence-electron chi connectivity index (χ0n) is 11.0. The smallest absolute Gasteiger partial charge is 0.337 e. The van der Waals surface area contributed by atoms with E-state index in [1.807, 2.05) is 14.0 Å². The van der Waals surface area contributed by atoms with Gasteiger partial charge < -0.3 is 10.0 Å². The van der Waals surface area contributed by atoms with Crippen LogP contribution in [0.5, 0.6) is 0 Å². The first kappa shape index (κ1) is 12.9. The molecule has 4 heteroatoms. The number of anilines is 1. The summed E-state index contributed by atoms with van der Waals surface area (Å²) in [6.45, 7) is 2.93. The van der Waals surface area contributed by atoms with Crippen LogP contribution in [0, 0.1) is 12.8 Å². The van der Waals surface area contributed by atoms with Crippen LogP contribution >= 0.6 is 0 Å². The van der Waals surface area contributed by atoms with E-state index >= 15 is 0 Å². The summed E-state index contributed by atoms with van der Waals surface area (Å²) in [4.78, 5) is 17.3. The summed E-state index contributed by atoms with van der Waals surface area (Å²) < 4.78 is 0. The molecule has 0 radical (unpaired) electrons. The van der Waals surface area contributed by atoms with Gasteiger partial charge in [0.05, 0.1) is 5.56 Å². The molecule has 0 saturated heterocycles. The second kappa shape index (κ2) is 5.38. The van der Waals surface area contributed by atoms with Gasteiger partial charge >= 0.3 is 5.97 Å². The second-order valence-corrected chi connectivity index (χ2v) is 5.20. The molecule has 1 fully saturated rings. The predicted octanol–water partition coefficient (Wildman–Crippen LogP) is 2.71.